The number of nitriles is 1. The summed E-state index contributed by atoms with van der Waals surface area (Å²) in [6.07, 6.45) is 1.57. The van der Waals surface area contributed by atoms with Crippen molar-refractivity contribution in [3.63, 3.8) is 0 Å². The van der Waals surface area contributed by atoms with Gasteiger partial charge in [0.05, 0.1) is 11.1 Å². The van der Waals surface area contributed by atoms with Crippen LogP contribution in [0, 0.1) is 11.3 Å². The first kappa shape index (κ1) is 10.4. The van der Waals surface area contributed by atoms with Crippen molar-refractivity contribution < 1.29 is 5.11 Å². The molecule has 0 radical (unpaired) electrons. The Hall–Kier alpha value is -2.08. The van der Waals surface area contributed by atoms with E-state index in [1.807, 2.05) is 19.9 Å². The predicted octanol–water partition coefficient (Wildman–Crippen LogP) is 2.94. The Kier molecular flexibility index (Phi) is 2.49. The van der Waals surface area contributed by atoms with Crippen molar-refractivity contribution in [1.29, 1.82) is 5.26 Å². The summed E-state index contributed by atoms with van der Waals surface area (Å²) in [5.74, 6) is 0.448. The monoisotopic (exact) mass is 212 g/mol. The van der Waals surface area contributed by atoms with Gasteiger partial charge in [-0.3, -0.25) is 4.98 Å². The van der Waals surface area contributed by atoms with Crippen LogP contribution in [-0.4, -0.2) is 10.1 Å². The van der Waals surface area contributed by atoms with Gasteiger partial charge in [-0.15, -0.1) is 0 Å². The SMILES string of the molecule is CC(C)c1c(C#N)cnc2cc(O)ccc12. The topological polar surface area (TPSA) is 56.9 Å². The molecule has 0 atom stereocenters. The fourth-order valence-electron chi connectivity index (χ4n) is 1.91. The van der Waals surface area contributed by atoms with Gasteiger partial charge in [0, 0.05) is 17.6 Å². The quantitative estimate of drug-likeness (QED) is 0.790. The van der Waals surface area contributed by atoms with Gasteiger partial charge in [-0.2, -0.15) is 5.26 Å². The molecular formula is C13H12N2O. The van der Waals surface area contributed by atoms with Gasteiger partial charge in [0.1, 0.15) is 11.8 Å². The number of phenolic OH excluding ortho intramolecular Hbond substituents is 1. The summed E-state index contributed by atoms with van der Waals surface area (Å²) in [6.45, 7) is 4.09. The van der Waals surface area contributed by atoms with Gasteiger partial charge < -0.3 is 5.11 Å². The van der Waals surface area contributed by atoms with E-state index in [1.54, 1.807) is 18.3 Å². The second-order valence-electron chi connectivity index (χ2n) is 4.05. The minimum Gasteiger partial charge on any atom is -0.508 e. The predicted molar refractivity (Wildman–Crippen MR) is 62.2 cm³/mol. The molecule has 2 rings (SSSR count). The number of aromatic nitrogens is 1. The number of phenols is 1. The minimum atomic E-state index is 0.194. The lowest BCUT2D eigenvalue weighted by molar-refractivity contribution is 0.476. The van der Waals surface area contributed by atoms with E-state index in [0.717, 1.165) is 16.5 Å². The first-order chi connectivity index (χ1) is 7.63. The number of hydrogen-bond acceptors (Lipinski definition) is 3. The Bertz CT molecular complexity index is 582. The smallest absolute Gasteiger partial charge is 0.117 e. The highest BCUT2D eigenvalue weighted by Gasteiger charge is 2.12. The van der Waals surface area contributed by atoms with Crippen molar-refractivity contribution in [1.82, 2.24) is 4.98 Å². The minimum absolute atomic E-state index is 0.194. The number of benzene rings is 1. The van der Waals surface area contributed by atoms with E-state index >= 15 is 0 Å². The third-order valence-corrected chi connectivity index (χ3v) is 2.59. The maximum absolute atomic E-state index is 9.38. The number of aromatic hydroxyl groups is 1. The fourth-order valence-corrected chi connectivity index (χ4v) is 1.91. The van der Waals surface area contributed by atoms with Gasteiger partial charge in [0.2, 0.25) is 0 Å². The van der Waals surface area contributed by atoms with Gasteiger partial charge >= 0.3 is 0 Å². The molecule has 1 aromatic carbocycles. The Balaban J connectivity index is 2.85. The van der Waals surface area contributed by atoms with Gasteiger partial charge in [-0.1, -0.05) is 13.8 Å². The van der Waals surface area contributed by atoms with Crippen LogP contribution in [0.5, 0.6) is 5.75 Å². The van der Waals surface area contributed by atoms with E-state index in [9.17, 15) is 5.11 Å². The van der Waals surface area contributed by atoms with E-state index < -0.39 is 0 Å². The Morgan fingerprint density at radius 1 is 1.38 bits per heavy atom. The summed E-state index contributed by atoms with van der Waals surface area (Å²) in [4.78, 5) is 4.17. The average Bonchev–Trinajstić information content (AvgIpc) is 2.26. The molecule has 1 heterocycles. The maximum Gasteiger partial charge on any atom is 0.117 e. The summed E-state index contributed by atoms with van der Waals surface area (Å²) >= 11 is 0. The van der Waals surface area contributed by atoms with Gasteiger partial charge in [0.25, 0.3) is 0 Å². The highest BCUT2D eigenvalue weighted by molar-refractivity contribution is 5.85. The molecule has 0 aliphatic heterocycles. The zero-order valence-electron chi connectivity index (χ0n) is 9.23. The van der Waals surface area contributed by atoms with Gasteiger partial charge in [-0.25, -0.2) is 0 Å². The third-order valence-electron chi connectivity index (χ3n) is 2.59. The first-order valence-electron chi connectivity index (χ1n) is 5.15. The highest BCUT2D eigenvalue weighted by Crippen LogP contribution is 2.29. The van der Waals surface area contributed by atoms with Crippen molar-refractivity contribution in [3.05, 3.63) is 35.5 Å². The van der Waals surface area contributed by atoms with Crippen LogP contribution in [0.2, 0.25) is 0 Å². The summed E-state index contributed by atoms with van der Waals surface area (Å²) in [6, 6.07) is 7.21. The van der Waals surface area contributed by atoms with E-state index in [-0.39, 0.29) is 11.7 Å². The van der Waals surface area contributed by atoms with Crippen LogP contribution in [0.15, 0.2) is 24.4 Å². The zero-order chi connectivity index (χ0) is 11.7. The molecule has 80 valence electrons. The molecule has 0 aliphatic carbocycles. The van der Waals surface area contributed by atoms with E-state index in [2.05, 4.69) is 11.1 Å². The molecule has 0 unspecified atom stereocenters. The lowest BCUT2D eigenvalue weighted by Gasteiger charge is -2.11. The van der Waals surface area contributed by atoms with Crippen molar-refractivity contribution in [2.75, 3.05) is 0 Å². The third kappa shape index (κ3) is 1.59. The Morgan fingerprint density at radius 2 is 2.12 bits per heavy atom. The molecular weight excluding hydrogens is 200 g/mol. The van der Waals surface area contributed by atoms with Gasteiger partial charge in [0.15, 0.2) is 0 Å². The molecule has 0 bridgehead atoms. The number of rotatable bonds is 1. The summed E-state index contributed by atoms with van der Waals surface area (Å²) in [5.41, 5.74) is 2.32. The van der Waals surface area contributed by atoms with Crippen LogP contribution in [0.25, 0.3) is 10.9 Å². The van der Waals surface area contributed by atoms with Gasteiger partial charge in [-0.05, 0) is 23.6 Å². The largest absolute Gasteiger partial charge is 0.508 e. The van der Waals surface area contributed by atoms with Crippen LogP contribution in [0.1, 0.15) is 30.9 Å². The maximum atomic E-state index is 9.38. The molecule has 0 saturated heterocycles. The number of fused-ring (bicyclic) bond motifs is 1. The molecule has 3 heteroatoms. The van der Waals surface area contributed by atoms with Crippen molar-refractivity contribution in [3.8, 4) is 11.8 Å². The number of hydrogen-bond donors (Lipinski definition) is 1. The zero-order valence-corrected chi connectivity index (χ0v) is 9.23. The van der Waals surface area contributed by atoms with Crippen LogP contribution in [-0.2, 0) is 0 Å². The first-order valence-corrected chi connectivity index (χ1v) is 5.15. The Morgan fingerprint density at radius 3 is 2.75 bits per heavy atom. The standard InChI is InChI=1S/C13H12N2O/c1-8(2)13-9(6-14)7-15-12-5-10(16)3-4-11(12)13/h3-5,7-8,16H,1-2H3. The number of nitrogens with zero attached hydrogens (tertiary/aromatic N) is 2. The summed E-state index contributed by atoms with van der Waals surface area (Å²) in [5, 5.41) is 19.4. The second-order valence-corrected chi connectivity index (χ2v) is 4.05. The molecule has 0 aliphatic rings. The fraction of sp³-hybridized carbons (Fsp3) is 0.231. The van der Waals surface area contributed by atoms with Crippen molar-refractivity contribution in [2.45, 2.75) is 19.8 Å². The molecule has 0 fully saturated rings. The summed E-state index contributed by atoms with van der Waals surface area (Å²) in [7, 11) is 0. The van der Waals surface area contributed by atoms with E-state index in [1.165, 1.54) is 0 Å². The summed E-state index contributed by atoms with van der Waals surface area (Å²) < 4.78 is 0. The lowest BCUT2D eigenvalue weighted by atomic mass is 9.94. The molecule has 16 heavy (non-hydrogen) atoms. The highest BCUT2D eigenvalue weighted by atomic mass is 16.3. The lowest BCUT2D eigenvalue weighted by Crippen LogP contribution is -1.96. The van der Waals surface area contributed by atoms with E-state index in [0.29, 0.717) is 5.56 Å². The normalized spacial score (nSPS) is 10.6. The molecule has 0 spiro atoms. The molecule has 1 aromatic heterocycles. The van der Waals surface area contributed by atoms with Crippen LogP contribution >= 0.6 is 0 Å². The molecule has 3 nitrogen and oxygen atoms in total. The average molecular weight is 212 g/mol. The van der Waals surface area contributed by atoms with Crippen LogP contribution in [0.3, 0.4) is 0 Å². The Labute approximate surface area is 94.0 Å². The second kappa shape index (κ2) is 3.82. The number of pyridine rings is 1. The molecule has 0 saturated carbocycles. The van der Waals surface area contributed by atoms with E-state index in [4.69, 9.17) is 5.26 Å². The van der Waals surface area contributed by atoms with Crippen molar-refractivity contribution >= 4 is 10.9 Å². The molecule has 2 aromatic rings. The van der Waals surface area contributed by atoms with Crippen LogP contribution < -0.4 is 0 Å². The molecule has 1 N–H and O–H groups in total. The van der Waals surface area contributed by atoms with Crippen molar-refractivity contribution in [2.24, 2.45) is 0 Å². The molecule has 0 amide bonds. The van der Waals surface area contributed by atoms with Crippen LogP contribution in [0.4, 0.5) is 0 Å².